The van der Waals surface area contributed by atoms with Crippen LogP contribution in [0.2, 0.25) is 0 Å². The van der Waals surface area contributed by atoms with E-state index in [1.807, 2.05) is 24.3 Å². The molecule has 0 spiro atoms. The third-order valence-corrected chi connectivity index (χ3v) is 5.86. The average Bonchev–Trinajstić information content (AvgIpc) is 3.31. The summed E-state index contributed by atoms with van der Waals surface area (Å²) in [6.07, 6.45) is 3.68. The van der Waals surface area contributed by atoms with Crippen molar-refractivity contribution in [1.82, 2.24) is 5.32 Å². The molecule has 1 unspecified atom stereocenters. The van der Waals surface area contributed by atoms with E-state index in [1.165, 1.54) is 43.1 Å². The Bertz CT molecular complexity index is 1180. The number of rotatable bonds is 5. The molecule has 2 aromatic carbocycles. The number of nitro benzene ring substituents is 1. The molecule has 170 valence electrons. The molecule has 0 aliphatic carbocycles. The summed E-state index contributed by atoms with van der Waals surface area (Å²) >= 11 is 5.26. The van der Waals surface area contributed by atoms with E-state index in [0.29, 0.717) is 17.4 Å². The van der Waals surface area contributed by atoms with Gasteiger partial charge in [-0.25, -0.2) is 0 Å². The summed E-state index contributed by atoms with van der Waals surface area (Å²) in [7, 11) is 0. The van der Waals surface area contributed by atoms with Gasteiger partial charge in [-0.1, -0.05) is 12.1 Å². The van der Waals surface area contributed by atoms with Crippen LogP contribution in [0.3, 0.4) is 0 Å². The van der Waals surface area contributed by atoms with Crippen molar-refractivity contribution in [2.24, 2.45) is 0 Å². The van der Waals surface area contributed by atoms with Gasteiger partial charge in [0, 0.05) is 41.7 Å². The predicted molar refractivity (Wildman–Crippen MR) is 132 cm³/mol. The summed E-state index contributed by atoms with van der Waals surface area (Å²) in [5, 5.41) is 16.7. The molecule has 1 saturated heterocycles. The lowest BCUT2D eigenvalue weighted by molar-refractivity contribution is -0.384. The van der Waals surface area contributed by atoms with Gasteiger partial charge in [0.2, 0.25) is 0 Å². The highest BCUT2D eigenvalue weighted by molar-refractivity contribution is 7.80. The minimum Gasteiger partial charge on any atom is -0.451 e. The zero-order valence-electron chi connectivity index (χ0n) is 18.1. The van der Waals surface area contributed by atoms with Crippen molar-refractivity contribution < 1.29 is 14.1 Å². The number of anilines is 2. The van der Waals surface area contributed by atoms with Crippen LogP contribution in [0.4, 0.5) is 17.1 Å². The quantitative estimate of drug-likeness (QED) is 0.298. The van der Waals surface area contributed by atoms with E-state index in [1.54, 1.807) is 18.2 Å². The summed E-state index contributed by atoms with van der Waals surface area (Å²) in [5.41, 5.74) is 2.39. The van der Waals surface area contributed by atoms with E-state index < -0.39 is 10.8 Å². The molecule has 1 amide bonds. The number of hydrogen-bond donors (Lipinski definition) is 2. The van der Waals surface area contributed by atoms with E-state index in [9.17, 15) is 14.9 Å². The van der Waals surface area contributed by atoms with Crippen LogP contribution < -0.4 is 15.5 Å². The predicted octanol–water partition coefficient (Wildman–Crippen LogP) is 5.36. The van der Waals surface area contributed by atoms with E-state index in [4.69, 9.17) is 16.6 Å². The van der Waals surface area contributed by atoms with Gasteiger partial charge in [0.25, 0.3) is 11.6 Å². The first-order valence-electron chi connectivity index (χ1n) is 10.7. The Balaban J connectivity index is 1.36. The molecule has 4 rings (SSSR count). The van der Waals surface area contributed by atoms with Crippen LogP contribution in [-0.2, 0) is 0 Å². The number of hydrogen-bond acceptors (Lipinski definition) is 6. The molecule has 1 fully saturated rings. The molecule has 1 aliphatic heterocycles. The summed E-state index contributed by atoms with van der Waals surface area (Å²) in [5.74, 6) is -0.108. The van der Waals surface area contributed by atoms with E-state index in [2.05, 4.69) is 22.5 Å². The van der Waals surface area contributed by atoms with E-state index in [-0.39, 0.29) is 16.6 Å². The van der Waals surface area contributed by atoms with Crippen molar-refractivity contribution in [3.63, 3.8) is 0 Å². The van der Waals surface area contributed by atoms with Gasteiger partial charge in [-0.3, -0.25) is 20.2 Å². The number of nitrogens with one attached hydrogen (secondary N) is 2. The van der Waals surface area contributed by atoms with Crippen LogP contribution in [0.25, 0.3) is 11.3 Å². The second kappa shape index (κ2) is 9.83. The van der Waals surface area contributed by atoms with Crippen LogP contribution >= 0.6 is 12.2 Å². The van der Waals surface area contributed by atoms with Gasteiger partial charge in [0.1, 0.15) is 5.76 Å². The van der Waals surface area contributed by atoms with Crippen molar-refractivity contribution >= 4 is 40.3 Å². The Kier molecular flexibility index (Phi) is 6.69. The van der Waals surface area contributed by atoms with Crippen molar-refractivity contribution in [1.29, 1.82) is 0 Å². The molecule has 1 aliphatic rings. The highest BCUT2D eigenvalue weighted by atomic mass is 32.1. The van der Waals surface area contributed by atoms with Crippen molar-refractivity contribution in [3.05, 3.63) is 76.5 Å². The monoisotopic (exact) mass is 464 g/mol. The molecule has 1 aromatic heterocycles. The standard InChI is InChI=1S/C24H24N4O4S/c1-16-5-2-3-14-27(16)19-10-8-18(9-11-19)25-24(33)26-23(29)22-13-12-21(32-22)17-6-4-7-20(15-17)28(30)31/h4,6-13,15-16H,2-3,5,14H2,1H3,(H2,25,26,29,33). The van der Waals surface area contributed by atoms with E-state index in [0.717, 1.165) is 12.2 Å². The fourth-order valence-corrected chi connectivity index (χ4v) is 4.14. The number of carbonyl (C=O) groups excluding carboxylic acids is 1. The lowest BCUT2D eigenvalue weighted by atomic mass is 10.0. The number of furan rings is 1. The number of nitrogens with zero attached hydrogens (tertiary/aromatic N) is 2. The smallest absolute Gasteiger partial charge is 0.293 e. The van der Waals surface area contributed by atoms with Crippen LogP contribution in [0.1, 0.15) is 36.7 Å². The molecule has 0 radical (unpaired) electrons. The molecular formula is C24H24N4O4S. The maximum absolute atomic E-state index is 12.5. The van der Waals surface area contributed by atoms with Gasteiger partial charge < -0.3 is 14.6 Å². The fourth-order valence-electron chi connectivity index (χ4n) is 3.93. The van der Waals surface area contributed by atoms with Gasteiger partial charge in [-0.2, -0.15) is 0 Å². The van der Waals surface area contributed by atoms with E-state index >= 15 is 0 Å². The third kappa shape index (κ3) is 5.38. The highest BCUT2D eigenvalue weighted by Crippen LogP contribution is 2.27. The largest absolute Gasteiger partial charge is 0.451 e. The van der Waals surface area contributed by atoms with Gasteiger partial charge in [0.05, 0.1) is 4.92 Å². The van der Waals surface area contributed by atoms with Crippen molar-refractivity contribution in [3.8, 4) is 11.3 Å². The zero-order chi connectivity index (χ0) is 23.4. The minimum atomic E-state index is -0.511. The molecule has 1 atom stereocenters. The molecule has 2 heterocycles. The molecule has 8 nitrogen and oxygen atoms in total. The molecule has 2 N–H and O–H groups in total. The Morgan fingerprint density at radius 3 is 2.67 bits per heavy atom. The topological polar surface area (TPSA) is 101 Å². The summed E-state index contributed by atoms with van der Waals surface area (Å²) in [4.78, 5) is 25.4. The number of thiocarbonyl (C=S) groups is 1. The lowest BCUT2D eigenvalue weighted by Crippen LogP contribution is -2.37. The molecule has 0 bridgehead atoms. The van der Waals surface area contributed by atoms with Crippen LogP contribution in [0.15, 0.2) is 65.1 Å². The van der Waals surface area contributed by atoms with Crippen molar-refractivity contribution in [2.45, 2.75) is 32.2 Å². The number of nitro groups is 1. The minimum absolute atomic E-state index is 0.0510. The first kappa shape index (κ1) is 22.5. The van der Waals surface area contributed by atoms with Gasteiger partial charge in [0.15, 0.2) is 10.9 Å². The number of piperidine rings is 1. The Labute approximate surface area is 196 Å². The lowest BCUT2D eigenvalue weighted by Gasteiger charge is -2.35. The number of carbonyl (C=O) groups is 1. The summed E-state index contributed by atoms with van der Waals surface area (Å²) in [6, 6.07) is 17.6. The maximum atomic E-state index is 12.5. The zero-order valence-corrected chi connectivity index (χ0v) is 18.9. The molecule has 0 saturated carbocycles. The van der Waals surface area contributed by atoms with Gasteiger partial charge >= 0.3 is 0 Å². The first-order valence-corrected chi connectivity index (χ1v) is 11.2. The Hall–Kier alpha value is -3.72. The normalized spacial score (nSPS) is 15.7. The highest BCUT2D eigenvalue weighted by Gasteiger charge is 2.19. The van der Waals surface area contributed by atoms with Gasteiger partial charge in [-0.05, 0) is 74.8 Å². The SMILES string of the molecule is CC1CCCCN1c1ccc(NC(=S)NC(=O)c2ccc(-c3cccc([N+](=O)[O-])c3)o2)cc1. The first-order chi connectivity index (χ1) is 15.9. The van der Waals surface area contributed by atoms with Crippen molar-refractivity contribution in [2.75, 3.05) is 16.8 Å². The van der Waals surface area contributed by atoms with Gasteiger partial charge in [-0.15, -0.1) is 0 Å². The Morgan fingerprint density at radius 1 is 1.15 bits per heavy atom. The third-order valence-electron chi connectivity index (χ3n) is 5.66. The van der Waals surface area contributed by atoms with Crippen LogP contribution in [0, 0.1) is 10.1 Å². The second-order valence-corrected chi connectivity index (χ2v) is 8.37. The molecule has 9 heteroatoms. The Morgan fingerprint density at radius 2 is 1.94 bits per heavy atom. The number of benzene rings is 2. The molecule has 33 heavy (non-hydrogen) atoms. The second-order valence-electron chi connectivity index (χ2n) is 7.96. The van der Waals surface area contributed by atoms with Crippen LogP contribution in [-0.4, -0.2) is 28.5 Å². The summed E-state index contributed by atoms with van der Waals surface area (Å²) < 4.78 is 5.58. The number of amides is 1. The average molecular weight is 465 g/mol. The fraction of sp³-hybridized carbons (Fsp3) is 0.250. The molecular weight excluding hydrogens is 440 g/mol. The summed E-state index contributed by atoms with van der Waals surface area (Å²) in [6.45, 7) is 3.30. The maximum Gasteiger partial charge on any atom is 0.293 e. The number of non-ortho nitro benzene ring substituents is 1. The van der Waals surface area contributed by atoms with Crippen LogP contribution in [0.5, 0.6) is 0 Å². The molecule has 3 aromatic rings.